The summed E-state index contributed by atoms with van der Waals surface area (Å²) in [7, 11) is 0. The van der Waals surface area contributed by atoms with E-state index >= 15 is 0 Å². The van der Waals surface area contributed by atoms with Gasteiger partial charge in [-0.15, -0.1) is 0 Å². The predicted octanol–water partition coefficient (Wildman–Crippen LogP) is -2.12. The second-order valence-corrected chi connectivity index (χ2v) is 3.42. The van der Waals surface area contributed by atoms with Crippen molar-refractivity contribution in [3.05, 3.63) is 0 Å². The first-order valence-electron chi connectivity index (χ1n) is 4.17. The third-order valence-electron chi connectivity index (χ3n) is 2.44. The van der Waals surface area contributed by atoms with E-state index in [1.54, 1.807) is 0 Å². The van der Waals surface area contributed by atoms with E-state index in [0.29, 0.717) is 0 Å². The summed E-state index contributed by atoms with van der Waals surface area (Å²) in [4.78, 5) is 10.5. The second-order valence-electron chi connectivity index (χ2n) is 3.42. The minimum absolute atomic E-state index is 0.656. The number of aliphatic hydroxyl groups is 2. The van der Waals surface area contributed by atoms with Crippen LogP contribution in [-0.4, -0.2) is 40.6 Å². The summed E-state index contributed by atoms with van der Waals surface area (Å²) in [5.74, 6) is -2.01. The van der Waals surface area contributed by atoms with Crippen LogP contribution >= 0.6 is 0 Å². The summed E-state index contributed by atoms with van der Waals surface area (Å²) in [6.45, 7) is 3.01. The van der Waals surface area contributed by atoms with E-state index < -0.39 is 36.3 Å². The molecule has 0 aliphatic carbocycles. The maximum absolute atomic E-state index is 10.5. The third kappa shape index (κ3) is 1.82. The first-order valence-corrected chi connectivity index (χ1v) is 4.17. The van der Waals surface area contributed by atoms with Crippen LogP contribution in [0.15, 0.2) is 0 Å². The molecule has 5 heteroatoms. The highest BCUT2D eigenvalue weighted by molar-refractivity contribution is 5.70. The van der Waals surface area contributed by atoms with Crippen molar-refractivity contribution in [2.75, 3.05) is 0 Å². The first-order chi connectivity index (χ1) is 5.95. The van der Waals surface area contributed by atoms with E-state index in [1.807, 2.05) is 0 Å². The molecule has 5 nitrogen and oxygen atoms in total. The molecule has 2 unspecified atom stereocenters. The lowest BCUT2D eigenvalue weighted by Gasteiger charge is -2.40. The van der Waals surface area contributed by atoms with Crippen LogP contribution in [0.2, 0.25) is 0 Å². The molecule has 0 aromatic carbocycles. The minimum Gasteiger partial charge on any atom is -0.547 e. The van der Waals surface area contributed by atoms with Gasteiger partial charge in [0.2, 0.25) is 0 Å². The lowest BCUT2D eigenvalue weighted by atomic mass is 9.88. The fourth-order valence-corrected chi connectivity index (χ4v) is 1.47. The van der Waals surface area contributed by atoms with E-state index in [9.17, 15) is 20.1 Å². The van der Waals surface area contributed by atoms with E-state index in [-0.39, 0.29) is 0 Å². The van der Waals surface area contributed by atoms with E-state index in [0.717, 1.165) is 0 Å². The van der Waals surface area contributed by atoms with Gasteiger partial charge >= 0.3 is 0 Å². The molecule has 13 heavy (non-hydrogen) atoms. The Bertz CT molecular complexity index is 205. The number of hydrogen-bond donors (Lipinski definition) is 2. The van der Waals surface area contributed by atoms with Crippen molar-refractivity contribution in [3.8, 4) is 0 Å². The van der Waals surface area contributed by atoms with E-state index in [2.05, 4.69) is 0 Å². The van der Waals surface area contributed by atoms with Crippen molar-refractivity contribution in [1.29, 1.82) is 0 Å². The number of carbonyl (C=O) groups excluding carboxylic acids is 1. The summed E-state index contributed by atoms with van der Waals surface area (Å²) in [6.07, 6.45) is -3.94. The van der Waals surface area contributed by atoms with Gasteiger partial charge in [0.25, 0.3) is 0 Å². The van der Waals surface area contributed by atoms with Gasteiger partial charge in [-0.1, -0.05) is 6.92 Å². The lowest BCUT2D eigenvalue weighted by Crippen LogP contribution is -2.57. The van der Waals surface area contributed by atoms with Crippen molar-refractivity contribution < 1.29 is 24.9 Å². The number of hydrogen-bond acceptors (Lipinski definition) is 5. The monoisotopic (exact) mass is 189 g/mol. The molecule has 76 valence electrons. The molecule has 0 aromatic rings. The zero-order chi connectivity index (χ0) is 10.2. The highest BCUT2D eigenvalue weighted by atomic mass is 16.5. The van der Waals surface area contributed by atoms with Crippen LogP contribution in [0, 0.1) is 5.92 Å². The van der Waals surface area contributed by atoms with Crippen LogP contribution in [-0.2, 0) is 9.53 Å². The Labute approximate surface area is 75.9 Å². The molecule has 1 saturated heterocycles. The number of carbonyl (C=O) groups is 1. The first kappa shape index (κ1) is 10.4. The number of aliphatic hydroxyl groups excluding tert-OH is 2. The molecule has 0 amide bonds. The fraction of sp³-hybridized carbons (Fsp3) is 0.875. The molecule has 0 saturated carbocycles. The quantitative estimate of drug-likeness (QED) is 0.492. The van der Waals surface area contributed by atoms with Gasteiger partial charge < -0.3 is 24.9 Å². The van der Waals surface area contributed by atoms with Gasteiger partial charge in [0.05, 0.1) is 18.2 Å². The molecule has 1 aliphatic rings. The Balaban J connectivity index is 2.76. The van der Waals surface area contributed by atoms with Crippen LogP contribution < -0.4 is 5.11 Å². The van der Waals surface area contributed by atoms with Crippen molar-refractivity contribution in [3.63, 3.8) is 0 Å². The van der Waals surface area contributed by atoms with Crippen molar-refractivity contribution in [2.24, 2.45) is 5.92 Å². The van der Waals surface area contributed by atoms with Gasteiger partial charge in [-0.05, 0) is 6.92 Å². The number of aliphatic carboxylic acids is 1. The molecular formula is C8H13O5-. The number of rotatable bonds is 1. The van der Waals surface area contributed by atoms with Gasteiger partial charge in [0.15, 0.2) is 0 Å². The molecule has 1 aliphatic heterocycles. The SMILES string of the molecule is C[C@@H]1OC(C(=O)[O-])[C@@H](C)[C@@H](O)C1O. The molecule has 0 bridgehead atoms. The minimum atomic E-state index is -1.36. The maximum atomic E-state index is 10.5. The molecule has 1 fully saturated rings. The fourth-order valence-electron chi connectivity index (χ4n) is 1.47. The summed E-state index contributed by atoms with van der Waals surface area (Å²) in [6, 6.07) is 0. The van der Waals surface area contributed by atoms with Crippen LogP contribution in [0.1, 0.15) is 13.8 Å². The molecule has 0 spiro atoms. The number of ether oxygens (including phenoxy) is 1. The Kier molecular flexibility index (Phi) is 2.90. The Morgan fingerprint density at radius 3 is 2.31 bits per heavy atom. The standard InChI is InChI=1S/C8H14O5/c1-3-5(9)6(10)4(2)13-7(3)8(11)12/h3-7,9-10H,1-2H3,(H,11,12)/p-1/t3-,4-,5+,6?,7?/m0/s1. The zero-order valence-corrected chi connectivity index (χ0v) is 7.51. The van der Waals surface area contributed by atoms with Crippen LogP contribution in [0.5, 0.6) is 0 Å². The topological polar surface area (TPSA) is 89.8 Å². The molecule has 1 heterocycles. The average molecular weight is 189 g/mol. The summed E-state index contributed by atoms with van der Waals surface area (Å²) < 4.78 is 4.97. The van der Waals surface area contributed by atoms with Crippen LogP contribution in [0.4, 0.5) is 0 Å². The molecule has 0 radical (unpaired) electrons. The highest BCUT2D eigenvalue weighted by Gasteiger charge is 2.40. The Hall–Kier alpha value is -0.650. The maximum Gasteiger partial charge on any atom is 0.106 e. The van der Waals surface area contributed by atoms with Crippen LogP contribution in [0.25, 0.3) is 0 Å². The van der Waals surface area contributed by atoms with Gasteiger partial charge in [0, 0.05) is 5.92 Å². The van der Waals surface area contributed by atoms with Crippen molar-refractivity contribution in [1.82, 2.24) is 0 Å². The molecule has 1 rings (SSSR count). The zero-order valence-electron chi connectivity index (χ0n) is 7.51. The van der Waals surface area contributed by atoms with Gasteiger partial charge in [-0.25, -0.2) is 0 Å². The summed E-state index contributed by atoms with van der Waals surface area (Å²) in [5, 5.41) is 29.3. The van der Waals surface area contributed by atoms with Crippen LogP contribution in [0.3, 0.4) is 0 Å². The summed E-state index contributed by atoms with van der Waals surface area (Å²) in [5.41, 5.74) is 0. The van der Waals surface area contributed by atoms with E-state index in [4.69, 9.17) is 4.74 Å². The average Bonchev–Trinajstić information content (AvgIpc) is 2.07. The van der Waals surface area contributed by atoms with Gasteiger partial charge in [-0.3, -0.25) is 0 Å². The smallest absolute Gasteiger partial charge is 0.106 e. The van der Waals surface area contributed by atoms with Gasteiger partial charge in [0.1, 0.15) is 12.2 Å². The Morgan fingerprint density at radius 1 is 1.31 bits per heavy atom. The lowest BCUT2D eigenvalue weighted by molar-refractivity contribution is -0.328. The van der Waals surface area contributed by atoms with Gasteiger partial charge in [-0.2, -0.15) is 0 Å². The predicted molar refractivity (Wildman–Crippen MR) is 40.5 cm³/mol. The third-order valence-corrected chi connectivity index (χ3v) is 2.44. The molecule has 2 N–H and O–H groups in total. The number of carboxylic acids is 1. The van der Waals surface area contributed by atoms with Crippen molar-refractivity contribution >= 4 is 5.97 Å². The van der Waals surface area contributed by atoms with E-state index in [1.165, 1.54) is 13.8 Å². The summed E-state index contributed by atoms with van der Waals surface area (Å²) >= 11 is 0. The highest BCUT2D eigenvalue weighted by Crippen LogP contribution is 2.25. The number of carboxylic acid groups (broad SMARTS) is 1. The molecule has 0 aromatic heterocycles. The molecule has 5 atom stereocenters. The normalized spacial score (nSPS) is 46.0. The Morgan fingerprint density at radius 2 is 1.85 bits per heavy atom. The molecular weight excluding hydrogens is 176 g/mol. The second kappa shape index (κ2) is 3.61. The van der Waals surface area contributed by atoms with Crippen molar-refractivity contribution in [2.45, 2.75) is 38.3 Å². The largest absolute Gasteiger partial charge is 0.547 e.